The van der Waals surface area contributed by atoms with E-state index < -0.39 is 0 Å². The molecule has 0 spiro atoms. The molecule has 0 radical (unpaired) electrons. The molecule has 1 aliphatic heterocycles. The summed E-state index contributed by atoms with van der Waals surface area (Å²) in [5.41, 5.74) is 13.9. The first kappa shape index (κ1) is 19.0. The molecule has 0 amide bonds. The van der Waals surface area contributed by atoms with Crippen LogP contribution in [0.1, 0.15) is 38.3 Å². The lowest BCUT2D eigenvalue weighted by Gasteiger charge is -2.31. The third-order valence-electron chi connectivity index (χ3n) is 4.92. The smallest absolute Gasteiger partial charge is 0.241 e. The number of hydrogen-bond donors (Lipinski definition) is 3. The second kappa shape index (κ2) is 8.77. The fraction of sp³-hybridized carbons (Fsp3) is 0.474. The average Bonchev–Trinajstić information content (AvgIpc) is 3.01. The van der Waals surface area contributed by atoms with Crippen LogP contribution in [0, 0.1) is 11.3 Å². The fourth-order valence-corrected chi connectivity index (χ4v) is 3.41. The molecule has 0 aromatic carbocycles. The number of likely N-dealkylation sites (tertiary alicyclic amines) is 1. The molecular formula is C19H28N8. The monoisotopic (exact) mass is 368 g/mol. The van der Waals surface area contributed by atoms with E-state index in [1.54, 1.807) is 6.20 Å². The van der Waals surface area contributed by atoms with Crippen LogP contribution < -0.4 is 11.5 Å². The topological polar surface area (TPSA) is 123 Å². The van der Waals surface area contributed by atoms with Crippen molar-refractivity contribution < 1.29 is 0 Å². The molecule has 3 heterocycles. The molecule has 27 heavy (non-hydrogen) atoms. The third-order valence-corrected chi connectivity index (χ3v) is 4.92. The van der Waals surface area contributed by atoms with Crippen molar-refractivity contribution in [3.63, 3.8) is 0 Å². The van der Waals surface area contributed by atoms with E-state index in [2.05, 4.69) is 33.0 Å². The standard InChI is InChI=1S/C19H28N8/c1-2-4-17(20)14-8-11-26(12-9-14)10-3-5-15-6-7-16(13-23-15)27-19(22)24-18(21)25-27/h3,5-7,13-14,20H,2,4,8-12H2,1H3,(H4,21,22,24,25)/b5-3+,20-17?. The lowest BCUT2D eigenvalue weighted by atomic mass is 9.90. The summed E-state index contributed by atoms with van der Waals surface area (Å²) >= 11 is 0. The van der Waals surface area contributed by atoms with Crippen molar-refractivity contribution in [3.8, 4) is 5.69 Å². The van der Waals surface area contributed by atoms with E-state index in [4.69, 9.17) is 16.9 Å². The predicted molar refractivity (Wildman–Crippen MR) is 109 cm³/mol. The van der Waals surface area contributed by atoms with Crippen molar-refractivity contribution in [2.75, 3.05) is 31.1 Å². The minimum absolute atomic E-state index is 0.144. The molecule has 0 saturated carbocycles. The van der Waals surface area contributed by atoms with Crippen LogP contribution in [-0.2, 0) is 0 Å². The summed E-state index contributed by atoms with van der Waals surface area (Å²) in [6, 6.07) is 3.81. The SMILES string of the molecule is CCCC(=N)C1CCN(C/C=C/c2ccc(-n3nc(N)nc3N)cn2)CC1. The molecule has 2 aromatic heterocycles. The third kappa shape index (κ3) is 4.91. The highest BCUT2D eigenvalue weighted by Crippen LogP contribution is 2.20. The maximum absolute atomic E-state index is 8.13. The quantitative estimate of drug-likeness (QED) is 0.645. The van der Waals surface area contributed by atoms with Crippen LogP contribution in [-0.4, -0.2) is 50.0 Å². The van der Waals surface area contributed by atoms with Gasteiger partial charge in [0.2, 0.25) is 11.9 Å². The lowest BCUT2D eigenvalue weighted by Crippen LogP contribution is -2.36. The zero-order valence-electron chi connectivity index (χ0n) is 15.8. The van der Waals surface area contributed by atoms with E-state index >= 15 is 0 Å². The Morgan fingerprint density at radius 3 is 2.67 bits per heavy atom. The van der Waals surface area contributed by atoms with Gasteiger partial charge in [-0.2, -0.15) is 9.67 Å². The van der Waals surface area contributed by atoms with E-state index in [-0.39, 0.29) is 11.9 Å². The van der Waals surface area contributed by atoms with Crippen molar-refractivity contribution in [2.24, 2.45) is 5.92 Å². The summed E-state index contributed by atoms with van der Waals surface area (Å²) in [6.07, 6.45) is 10.1. The first-order valence-corrected chi connectivity index (χ1v) is 9.47. The number of nitrogens with two attached hydrogens (primary N) is 2. The van der Waals surface area contributed by atoms with Gasteiger partial charge >= 0.3 is 0 Å². The average molecular weight is 368 g/mol. The maximum atomic E-state index is 8.13. The van der Waals surface area contributed by atoms with Gasteiger partial charge in [-0.3, -0.25) is 9.88 Å². The van der Waals surface area contributed by atoms with Gasteiger partial charge < -0.3 is 16.9 Å². The van der Waals surface area contributed by atoms with Crippen LogP contribution >= 0.6 is 0 Å². The van der Waals surface area contributed by atoms with Gasteiger partial charge in [0.1, 0.15) is 0 Å². The van der Waals surface area contributed by atoms with Gasteiger partial charge in [0.15, 0.2) is 0 Å². The van der Waals surface area contributed by atoms with Gasteiger partial charge in [-0.25, -0.2) is 0 Å². The van der Waals surface area contributed by atoms with Crippen molar-refractivity contribution in [1.82, 2.24) is 24.6 Å². The normalized spacial score (nSPS) is 16.2. The molecule has 1 saturated heterocycles. The summed E-state index contributed by atoms with van der Waals surface area (Å²) in [4.78, 5) is 10.7. The summed E-state index contributed by atoms with van der Waals surface area (Å²) in [6.45, 7) is 5.16. The molecule has 3 rings (SSSR count). The molecular weight excluding hydrogens is 340 g/mol. The summed E-state index contributed by atoms with van der Waals surface area (Å²) in [5, 5.41) is 12.2. The maximum Gasteiger partial charge on any atom is 0.241 e. The first-order chi connectivity index (χ1) is 13.1. The van der Waals surface area contributed by atoms with Gasteiger partial charge in [0, 0.05) is 12.3 Å². The molecule has 0 unspecified atom stereocenters. The Bertz CT molecular complexity index is 785. The van der Waals surface area contributed by atoms with Gasteiger partial charge in [-0.1, -0.05) is 19.4 Å². The number of nitrogen functional groups attached to an aromatic ring is 2. The zero-order chi connectivity index (χ0) is 19.2. The molecule has 0 atom stereocenters. The molecule has 144 valence electrons. The van der Waals surface area contributed by atoms with Gasteiger partial charge in [-0.15, -0.1) is 5.10 Å². The summed E-state index contributed by atoms with van der Waals surface area (Å²) < 4.78 is 1.47. The Kier molecular flexibility index (Phi) is 6.18. The number of anilines is 2. The highest BCUT2D eigenvalue weighted by Gasteiger charge is 2.21. The number of piperidine rings is 1. The Labute approximate surface area is 159 Å². The Balaban J connectivity index is 1.49. The molecule has 8 heteroatoms. The number of nitrogens with one attached hydrogen (secondary N) is 1. The minimum atomic E-state index is 0.144. The van der Waals surface area contributed by atoms with Crippen LogP contribution in [0.2, 0.25) is 0 Å². The van der Waals surface area contributed by atoms with Crippen molar-refractivity contribution in [1.29, 1.82) is 5.41 Å². The number of nitrogens with zero attached hydrogens (tertiary/aromatic N) is 5. The van der Waals surface area contributed by atoms with Gasteiger partial charge in [-0.05, 0) is 56.5 Å². The summed E-state index contributed by atoms with van der Waals surface area (Å²) in [7, 11) is 0. The van der Waals surface area contributed by atoms with Crippen molar-refractivity contribution in [3.05, 3.63) is 30.1 Å². The van der Waals surface area contributed by atoms with E-state index in [0.29, 0.717) is 5.92 Å². The predicted octanol–water partition coefficient (Wildman–Crippen LogP) is 2.37. The second-order valence-corrected chi connectivity index (χ2v) is 6.93. The van der Waals surface area contributed by atoms with Crippen molar-refractivity contribution >= 4 is 23.7 Å². The number of pyridine rings is 1. The highest BCUT2D eigenvalue weighted by atomic mass is 15.4. The molecule has 0 bridgehead atoms. The van der Waals surface area contributed by atoms with Crippen LogP contribution in [0.25, 0.3) is 11.8 Å². The fourth-order valence-electron chi connectivity index (χ4n) is 3.41. The van der Waals surface area contributed by atoms with Gasteiger partial charge in [0.05, 0.1) is 17.6 Å². The highest BCUT2D eigenvalue weighted by molar-refractivity contribution is 5.83. The van der Waals surface area contributed by atoms with Crippen LogP contribution in [0.4, 0.5) is 11.9 Å². The first-order valence-electron chi connectivity index (χ1n) is 9.47. The molecule has 2 aromatic rings. The summed E-state index contributed by atoms with van der Waals surface area (Å²) in [5.74, 6) is 0.871. The van der Waals surface area contributed by atoms with Crippen LogP contribution in [0.5, 0.6) is 0 Å². The Morgan fingerprint density at radius 2 is 2.07 bits per heavy atom. The lowest BCUT2D eigenvalue weighted by molar-refractivity contribution is 0.228. The Hall–Kier alpha value is -2.74. The molecule has 5 N–H and O–H groups in total. The minimum Gasteiger partial charge on any atom is -0.368 e. The number of aromatic nitrogens is 4. The number of hydrogen-bond acceptors (Lipinski definition) is 7. The van der Waals surface area contributed by atoms with Crippen LogP contribution in [0.3, 0.4) is 0 Å². The number of rotatable bonds is 7. The largest absolute Gasteiger partial charge is 0.368 e. The molecule has 0 aliphatic carbocycles. The zero-order valence-corrected chi connectivity index (χ0v) is 15.8. The second-order valence-electron chi connectivity index (χ2n) is 6.93. The van der Waals surface area contributed by atoms with E-state index in [1.165, 1.54) is 4.68 Å². The van der Waals surface area contributed by atoms with Crippen LogP contribution in [0.15, 0.2) is 24.4 Å². The van der Waals surface area contributed by atoms with Crippen molar-refractivity contribution in [2.45, 2.75) is 32.6 Å². The molecule has 1 aliphatic rings. The van der Waals surface area contributed by atoms with Gasteiger partial charge in [0.25, 0.3) is 0 Å². The van der Waals surface area contributed by atoms with E-state index in [9.17, 15) is 0 Å². The molecule has 1 fully saturated rings. The Morgan fingerprint density at radius 1 is 1.30 bits per heavy atom. The van der Waals surface area contributed by atoms with E-state index in [1.807, 2.05) is 18.2 Å². The molecule has 8 nitrogen and oxygen atoms in total. The van der Waals surface area contributed by atoms with E-state index in [0.717, 1.165) is 62.4 Å².